The van der Waals surface area contributed by atoms with E-state index in [1.807, 2.05) is 0 Å². The maximum Gasteiger partial charge on any atom is 0.345 e. The van der Waals surface area contributed by atoms with Crippen molar-refractivity contribution in [2.75, 3.05) is 6.61 Å². The molecule has 1 heterocycles. The molecule has 3 rings (SSSR count). The number of carboxylic acids is 1. The van der Waals surface area contributed by atoms with Gasteiger partial charge in [-0.15, -0.1) is 11.3 Å². The number of hydrogen-bond acceptors (Lipinski definition) is 3. The van der Waals surface area contributed by atoms with Crippen LogP contribution in [0.25, 0.3) is 0 Å². The van der Waals surface area contributed by atoms with Gasteiger partial charge in [0.2, 0.25) is 0 Å². The van der Waals surface area contributed by atoms with Crippen molar-refractivity contribution in [3.63, 3.8) is 0 Å². The van der Waals surface area contributed by atoms with Crippen molar-refractivity contribution < 1.29 is 19.0 Å². The summed E-state index contributed by atoms with van der Waals surface area (Å²) >= 11 is 13.0. The van der Waals surface area contributed by atoms with Crippen LogP contribution in [0.4, 0.5) is 4.39 Å². The van der Waals surface area contributed by atoms with Gasteiger partial charge in [0, 0.05) is 20.8 Å². The molecule has 0 radical (unpaired) electrons. The van der Waals surface area contributed by atoms with E-state index in [2.05, 4.69) is 6.08 Å². The first-order chi connectivity index (χ1) is 12.9. The second kappa shape index (κ2) is 9.09. The maximum absolute atomic E-state index is 13.8. The second-order valence-electron chi connectivity index (χ2n) is 6.51. The fraction of sp³-hybridized carbons (Fsp3) is 0.350. The topological polar surface area (TPSA) is 46.5 Å². The fourth-order valence-corrected chi connectivity index (χ4v) is 4.69. The summed E-state index contributed by atoms with van der Waals surface area (Å²) in [4.78, 5) is 11.5. The minimum absolute atomic E-state index is 0.0500. The molecule has 1 aliphatic rings. The summed E-state index contributed by atoms with van der Waals surface area (Å²) in [6.07, 6.45) is 6.44. The number of allylic oxidation sites excluding steroid dienone is 1. The van der Waals surface area contributed by atoms with Gasteiger partial charge in [-0.05, 0) is 56.4 Å². The standard InChI is InChI=1S/C20H19Cl2FO3S/c21-14-7-15(22)9-16(8-14)26-11-13-5-1-3-12(13)4-2-6-18-17(23)10-19(27-18)20(24)25/h3,7-10,13H,1-2,4-6,11H2,(H,24,25)/t13-/m1/s1. The third kappa shape index (κ3) is 5.47. The molecule has 0 fully saturated rings. The molecule has 0 unspecified atom stereocenters. The molecular formula is C20H19Cl2FO3S. The maximum atomic E-state index is 13.8. The molecule has 27 heavy (non-hydrogen) atoms. The van der Waals surface area contributed by atoms with Gasteiger partial charge in [-0.3, -0.25) is 0 Å². The van der Waals surface area contributed by atoms with Crippen LogP contribution in [-0.4, -0.2) is 17.7 Å². The first-order valence-corrected chi connectivity index (χ1v) is 10.3. The largest absolute Gasteiger partial charge is 0.493 e. The number of aryl methyl sites for hydroxylation is 1. The molecule has 0 spiro atoms. The highest BCUT2D eigenvalue weighted by Crippen LogP contribution is 2.32. The predicted molar refractivity (Wildman–Crippen MR) is 107 cm³/mol. The Morgan fingerprint density at radius 1 is 1.22 bits per heavy atom. The van der Waals surface area contributed by atoms with Crippen LogP contribution in [0, 0.1) is 11.7 Å². The number of carbonyl (C=O) groups is 1. The summed E-state index contributed by atoms with van der Waals surface area (Å²) in [5.41, 5.74) is 1.32. The number of halogens is 3. The summed E-state index contributed by atoms with van der Waals surface area (Å²) in [6.45, 7) is 0.555. The van der Waals surface area contributed by atoms with E-state index >= 15 is 0 Å². The molecule has 1 atom stereocenters. The van der Waals surface area contributed by atoms with Crippen LogP contribution in [0.5, 0.6) is 5.75 Å². The monoisotopic (exact) mass is 428 g/mol. The molecule has 1 N–H and O–H groups in total. The van der Waals surface area contributed by atoms with E-state index in [0.717, 1.165) is 43.1 Å². The Bertz CT molecular complexity index is 843. The van der Waals surface area contributed by atoms with Crippen LogP contribution < -0.4 is 4.74 Å². The van der Waals surface area contributed by atoms with Gasteiger partial charge in [-0.25, -0.2) is 9.18 Å². The smallest absolute Gasteiger partial charge is 0.345 e. The van der Waals surface area contributed by atoms with Gasteiger partial charge in [0.1, 0.15) is 16.4 Å². The Morgan fingerprint density at radius 2 is 1.96 bits per heavy atom. The lowest BCUT2D eigenvalue weighted by Crippen LogP contribution is -2.12. The van der Waals surface area contributed by atoms with Gasteiger partial charge in [-0.2, -0.15) is 0 Å². The molecule has 0 saturated carbocycles. The first kappa shape index (κ1) is 20.2. The van der Waals surface area contributed by atoms with Crippen LogP contribution in [0.2, 0.25) is 10.0 Å². The van der Waals surface area contributed by atoms with Crippen molar-refractivity contribution in [3.05, 3.63) is 61.5 Å². The molecule has 0 bridgehead atoms. The molecule has 144 valence electrons. The zero-order chi connectivity index (χ0) is 19.4. The number of benzene rings is 1. The van der Waals surface area contributed by atoms with E-state index in [4.69, 9.17) is 33.0 Å². The van der Waals surface area contributed by atoms with Gasteiger partial charge < -0.3 is 9.84 Å². The lowest BCUT2D eigenvalue weighted by molar-refractivity contribution is 0.0702. The van der Waals surface area contributed by atoms with E-state index in [9.17, 15) is 9.18 Å². The number of thiophene rings is 1. The van der Waals surface area contributed by atoms with Crippen molar-refractivity contribution in [2.45, 2.75) is 32.1 Å². The van der Waals surface area contributed by atoms with E-state index in [1.165, 1.54) is 5.57 Å². The summed E-state index contributed by atoms with van der Waals surface area (Å²) in [6, 6.07) is 6.25. The number of aromatic carboxylic acids is 1. The van der Waals surface area contributed by atoms with Crippen LogP contribution >= 0.6 is 34.5 Å². The molecule has 1 aromatic carbocycles. The number of carboxylic acid groups (broad SMARTS) is 1. The van der Waals surface area contributed by atoms with Crippen LogP contribution in [0.15, 0.2) is 35.9 Å². The van der Waals surface area contributed by atoms with Crippen LogP contribution in [0.3, 0.4) is 0 Å². The number of hydrogen-bond donors (Lipinski definition) is 1. The SMILES string of the molecule is O=C(O)c1cc(F)c(CCCC2=CCC[C@@H]2COc2cc(Cl)cc(Cl)c2)s1. The normalized spacial score (nSPS) is 16.4. The molecule has 0 aliphatic heterocycles. The average Bonchev–Trinajstić information content (AvgIpc) is 3.19. The minimum atomic E-state index is -1.08. The Morgan fingerprint density at radius 3 is 2.63 bits per heavy atom. The van der Waals surface area contributed by atoms with Crippen molar-refractivity contribution in [1.82, 2.24) is 0 Å². The summed E-state index contributed by atoms with van der Waals surface area (Å²) in [5.74, 6) is -0.524. The molecule has 1 aliphatic carbocycles. The highest BCUT2D eigenvalue weighted by molar-refractivity contribution is 7.13. The minimum Gasteiger partial charge on any atom is -0.493 e. The zero-order valence-electron chi connectivity index (χ0n) is 14.5. The van der Waals surface area contributed by atoms with Crippen molar-refractivity contribution in [1.29, 1.82) is 0 Å². The Balaban J connectivity index is 1.50. The van der Waals surface area contributed by atoms with Gasteiger partial charge in [-0.1, -0.05) is 34.9 Å². The Labute approximate surface area is 171 Å². The fourth-order valence-electron chi connectivity index (χ4n) is 3.26. The summed E-state index contributed by atoms with van der Waals surface area (Å²) in [5, 5.41) is 10.0. The van der Waals surface area contributed by atoms with Crippen molar-refractivity contribution in [2.24, 2.45) is 5.92 Å². The Kier molecular flexibility index (Phi) is 6.79. The van der Waals surface area contributed by atoms with Crippen LogP contribution in [0.1, 0.15) is 40.2 Å². The van der Waals surface area contributed by atoms with E-state index in [-0.39, 0.29) is 4.88 Å². The summed E-state index contributed by atoms with van der Waals surface area (Å²) in [7, 11) is 0. The highest BCUT2D eigenvalue weighted by atomic mass is 35.5. The van der Waals surface area contributed by atoms with Gasteiger partial charge in [0.15, 0.2) is 0 Å². The molecule has 2 aromatic rings. The molecule has 0 amide bonds. The highest BCUT2D eigenvalue weighted by Gasteiger charge is 2.20. The molecule has 7 heteroatoms. The lowest BCUT2D eigenvalue weighted by atomic mass is 9.97. The van der Waals surface area contributed by atoms with Gasteiger partial charge in [0.25, 0.3) is 0 Å². The molecular weight excluding hydrogens is 410 g/mol. The predicted octanol–water partition coefficient (Wildman–Crippen LogP) is 6.63. The second-order valence-corrected chi connectivity index (χ2v) is 8.52. The van der Waals surface area contributed by atoms with E-state index in [1.54, 1.807) is 18.2 Å². The lowest BCUT2D eigenvalue weighted by Gasteiger charge is -2.16. The third-order valence-electron chi connectivity index (χ3n) is 4.57. The first-order valence-electron chi connectivity index (χ1n) is 8.71. The van der Waals surface area contributed by atoms with Crippen LogP contribution in [-0.2, 0) is 6.42 Å². The average molecular weight is 429 g/mol. The third-order valence-corrected chi connectivity index (χ3v) is 6.17. The van der Waals surface area contributed by atoms with Crippen molar-refractivity contribution in [3.8, 4) is 5.75 Å². The quantitative estimate of drug-likeness (QED) is 0.479. The van der Waals surface area contributed by atoms with E-state index in [0.29, 0.717) is 39.6 Å². The van der Waals surface area contributed by atoms with E-state index < -0.39 is 11.8 Å². The number of ether oxygens (including phenoxy) is 1. The molecule has 1 aromatic heterocycles. The van der Waals surface area contributed by atoms with Gasteiger partial charge in [0.05, 0.1) is 6.61 Å². The summed E-state index contributed by atoms with van der Waals surface area (Å²) < 4.78 is 19.7. The molecule has 3 nitrogen and oxygen atoms in total. The van der Waals surface area contributed by atoms with Crippen molar-refractivity contribution >= 4 is 40.5 Å². The molecule has 0 saturated heterocycles. The number of rotatable bonds is 8. The zero-order valence-corrected chi connectivity index (χ0v) is 16.8. The van der Waals surface area contributed by atoms with Gasteiger partial charge >= 0.3 is 5.97 Å². The Hall–Kier alpha value is -1.56.